The smallest absolute Gasteiger partial charge is 0.195 e. The van der Waals surface area contributed by atoms with Crippen LogP contribution in [0.15, 0.2) is 29.3 Å². The van der Waals surface area contributed by atoms with Gasteiger partial charge in [-0.2, -0.15) is 0 Å². The third-order valence-corrected chi connectivity index (χ3v) is 3.79. The molecule has 0 aliphatic heterocycles. The van der Waals surface area contributed by atoms with Gasteiger partial charge in [-0.3, -0.25) is 4.99 Å². The van der Waals surface area contributed by atoms with Gasteiger partial charge in [0.05, 0.1) is 12.7 Å². The van der Waals surface area contributed by atoms with Gasteiger partial charge in [0.15, 0.2) is 5.96 Å². The van der Waals surface area contributed by atoms with Crippen molar-refractivity contribution in [2.75, 3.05) is 46.3 Å². The van der Waals surface area contributed by atoms with Crippen molar-refractivity contribution < 1.29 is 14.2 Å². The standard InChI is InChI=1S/C19H33N3O3/c1-19(2,3)17(24-6)14-21-18(20-4)22-15-9-7-10-16(13-15)25-12-8-11-23-5/h7,9-10,13,17H,8,11-12,14H2,1-6H3,(H2,20,21,22). The van der Waals surface area contributed by atoms with Crippen molar-refractivity contribution in [1.29, 1.82) is 0 Å². The fraction of sp³-hybridized carbons (Fsp3) is 0.632. The van der Waals surface area contributed by atoms with E-state index in [0.717, 1.165) is 17.9 Å². The van der Waals surface area contributed by atoms with E-state index in [1.165, 1.54) is 0 Å². The molecule has 0 heterocycles. The van der Waals surface area contributed by atoms with Crippen LogP contribution in [-0.2, 0) is 9.47 Å². The lowest BCUT2D eigenvalue weighted by Gasteiger charge is -2.30. The van der Waals surface area contributed by atoms with Crippen LogP contribution in [0.3, 0.4) is 0 Å². The van der Waals surface area contributed by atoms with E-state index < -0.39 is 0 Å². The first-order valence-electron chi connectivity index (χ1n) is 8.63. The SMILES string of the molecule is CN=C(NCC(OC)C(C)(C)C)Nc1cccc(OCCCOC)c1. The largest absolute Gasteiger partial charge is 0.493 e. The number of methoxy groups -OCH3 is 2. The zero-order valence-corrected chi connectivity index (χ0v) is 16.4. The summed E-state index contributed by atoms with van der Waals surface area (Å²) in [6.07, 6.45) is 0.948. The summed E-state index contributed by atoms with van der Waals surface area (Å²) in [5.41, 5.74) is 0.971. The first-order valence-corrected chi connectivity index (χ1v) is 8.63. The van der Waals surface area contributed by atoms with Crippen LogP contribution in [0.1, 0.15) is 27.2 Å². The summed E-state index contributed by atoms with van der Waals surface area (Å²) < 4.78 is 16.3. The van der Waals surface area contributed by atoms with Gasteiger partial charge in [-0.25, -0.2) is 0 Å². The van der Waals surface area contributed by atoms with Crippen molar-refractivity contribution in [2.45, 2.75) is 33.3 Å². The number of aliphatic imine (C=N–C) groups is 1. The van der Waals surface area contributed by atoms with Crippen molar-refractivity contribution in [2.24, 2.45) is 10.4 Å². The Morgan fingerprint density at radius 2 is 1.96 bits per heavy atom. The highest BCUT2D eigenvalue weighted by Crippen LogP contribution is 2.21. The van der Waals surface area contributed by atoms with Crippen LogP contribution >= 0.6 is 0 Å². The first kappa shape index (κ1) is 21.3. The van der Waals surface area contributed by atoms with Crippen LogP contribution in [0.2, 0.25) is 0 Å². The van der Waals surface area contributed by atoms with Gasteiger partial charge in [0.1, 0.15) is 5.75 Å². The predicted molar refractivity (Wildman–Crippen MR) is 104 cm³/mol. The zero-order chi connectivity index (χ0) is 18.7. The number of hydrogen-bond donors (Lipinski definition) is 2. The van der Waals surface area contributed by atoms with Gasteiger partial charge in [-0.15, -0.1) is 0 Å². The average Bonchev–Trinajstić information content (AvgIpc) is 2.57. The summed E-state index contributed by atoms with van der Waals surface area (Å²) in [6, 6.07) is 7.83. The molecular formula is C19H33N3O3. The van der Waals surface area contributed by atoms with Gasteiger partial charge in [-0.05, 0) is 17.5 Å². The second-order valence-electron chi connectivity index (χ2n) is 6.89. The summed E-state index contributed by atoms with van der Waals surface area (Å²) in [7, 11) is 5.18. The van der Waals surface area contributed by atoms with Crippen LogP contribution in [0, 0.1) is 5.41 Å². The maximum atomic E-state index is 5.72. The van der Waals surface area contributed by atoms with E-state index in [-0.39, 0.29) is 11.5 Å². The summed E-state index contributed by atoms with van der Waals surface area (Å²) >= 11 is 0. The molecule has 0 saturated heterocycles. The van der Waals surface area contributed by atoms with Gasteiger partial charge in [0, 0.05) is 52.6 Å². The first-order chi connectivity index (χ1) is 11.9. The summed E-state index contributed by atoms with van der Waals surface area (Å²) in [5, 5.41) is 6.59. The maximum Gasteiger partial charge on any atom is 0.195 e. The average molecular weight is 351 g/mol. The van der Waals surface area contributed by atoms with E-state index in [1.54, 1.807) is 21.3 Å². The van der Waals surface area contributed by atoms with E-state index >= 15 is 0 Å². The van der Waals surface area contributed by atoms with Crippen LogP contribution in [-0.4, -0.2) is 53.1 Å². The molecule has 0 aliphatic rings. The lowest BCUT2D eigenvalue weighted by Crippen LogP contribution is -2.42. The Hall–Kier alpha value is -1.79. The number of nitrogens with one attached hydrogen (secondary N) is 2. The highest BCUT2D eigenvalue weighted by molar-refractivity contribution is 5.93. The Kier molecular flexibility index (Phi) is 9.31. The van der Waals surface area contributed by atoms with Gasteiger partial charge >= 0.3 is 0 Å². The molecule has 1 atom stereocenters. The second-order valence-corrected chi connectivity index (χ2v) is 6.89. The van der Waals surface area contributed by atoms with Crippen molar-refractivity contribution in [1.82, 2.24) is 5.32 Å². The molecule has 0 bridgehead atoms. The molecule has 0 aliphatic carbocycles. The van der Waals surface area contributed by atoms with Crippen molar-refractivity contribution in [3.8, 4) is 5.75 Å². The Morgan fingerprint density at radius 3 is 2.56 bits per heavy atom. The van der Waals surface area contributed by atoms with E-state index in [0.29, 0.717) is 25.7 Å². The Morgan fingerprint density at radius 1 is 1.20 bits per heavy atom. The number of guanidine groups is 1. The number of ether oxygens (including phenoxy) is 3. The highest BCUT2D eigenvalue weighted by Gasteiger charge is 2.24. The Balaban J connectivity index is 2.57. The van der Waals surface area contributed by atoms with Gasteiger partial charge in [0.2, 0.25) is 0 Å². The topological polar surface area (TPSA) is 64.1 Å². The molecule has 6 nitrogen and oxygen atoms in total. The Labute approximate surface area is 152 Å². The molecule has 1 rings (SSSR count). The lowest BCUT2D eigenvalue weighted by atomic mass is 9.89. The fourth-order valence-corrected chi connectivity index (χ4v) is 2.31. The molecule has 25 heavy (non-hydrogen) atoms. The molecule has 0 radical (unpaired) electrons. The molecule has 6 heteroatoms. The molecule has 2 N–H and O–H groups in total. The van der Waals surface area contributed by atoms with Gasteiger partial charge in [-0.1, -0.05) is 26.8 Å². The molecule has 0 spiro atoms. The Bertz CT molecular complexity index is 527. The summed E-state index contributed by atoms with van der Waals surface area (Å²) in [5.74, 6) is 1.52. The van der Waals surface area contributed by atoms with E-state index in [9.17, 15) is 0 Å². The summed E-state index contributed by atoms with van der Waals surface area (Å²) in [4.78, 5) is 4.27. The number of nitrogens with zero attached hydrogens (tertiary/aromatic N) is 1. The number of rotatable bonds is 9. The van der Waals surface area contributed by atoms with Crippen LogP contribution in [0.4, 0.5) is 5.69 Å². The normalized spacial score (nSPS) is 13.4. The predicted octanol–water partition coefficient (Wildman–Crippen LogP) is 3.15. The van der Waals surface area contributed by atoms with Crippen molar-refractivity contribution >= 4 is 11.6 Å². The number of anilines is 1. The molecule has 1 aromatic carbocycles. The molecule has 0 aromatic heterocycles. The minimum atomic E-state index is 0.0521. The molecule has 0 fully saturated rings. The maximum absolute atomic E-state index is 5.72. The monoisotopic (exact) mass is 351 g/mol. The summed E-state index contributed by atoms with van der Waals surface area (Å²) in [6.45, 7) is 8.47. The second kappa shape index (κ2) is 10.9. The fourth-order valence-electron chi connectivity index (χ4n) is 2.31. The molecule has 0 amide bonds. The minimum absolute atomic E-state index is 0.0521. The van der Waals surface area contributed by atoms with Crippen LogP contribution < -0.4 is 15.4 Å². The lowest BCUT2D eigenvalue weighted by molar-refractivity contribution is 0.0206. The van der Waals surface area contributed by atoms with Gasteiger partial charge in [0.25, 0.3) is 0 Å². The molecule has 1 aromatic rings. The zero-order valence-electron chi connectivity index (χ0n) is 16.4. The molecule has 0 saturated carbocycles. The minimum Gasteiger partial charge on any atom is -0.493 e. The highest BCUT2D eigenvalue weighted by atomic mass is 16.5. The third kappa shape index (κ3) is 8.23. The van der Waals surface area contributed by atoms with E-state index in [4.69, 9.17) is 14.2 Å². The van der Waals surface area contributed by atoms with Gasteiger partial charge < -0.3 is 24.8 Å². The van der Waals surface area contributed by atoms with E-state index in [1.807, 2.05) is 24.3 Å². The molecule has 142 valence electrons. The number of benzene rings is 1. The quantitative estimate of drug-likeness (QED) is 0.406. The molecule has 1 unspecified atom stereocenters. The number of hydrogen-bond acceptors (Lipinski definition) is 4. The van der Waals surface area contributed by atoms with Crippen molar-refractivity contribution in [3.63, 3.8) is 0 Å². The van der Waals surface area contributed by atoms with Crippen LogP contribution in [0.25, 0.3) is 0 Å². The van der Waals surface area contributed by atoms with Crippen LogP contribution in [0.5, 0.6) is 5.75 Å². The molecular weight excluding hydrogens is 318 g/mol. The third-order valence-electron chi connectivity index (χ3n) is 3.79. The van der Waals surface area contributed by atoms with Crippen molar-refractivity contribution in [3.05, 3.63) is 24.3 Å². The van der Waals surface area contributed by atoms with E-state index in [2.05, 4.69) is 36.4 Å².